The van der Waals surface area contributed by atoms with Crippen LogP contribution >= 0.6 is 0 Å². The van der Waals surface area contributed by atoms with Crippen molar-refractivity contribution in [2.75, 3.05) is 6.54 Å². The molecule has 0 radical (unpaired) electrons. The highest BCUT2D eigenvalue weighted by molar-refractivity contribution is 5.82. The van der Waals surface area contributed by atoms with Gasteiger partial charge in [0.05, 0.1) is 5.41 Å². The van der Waals surface area contributed by atoms with Crippen LogP contribution in [0, 0.1) is 5.41 Å². The molecule has 76 valence electrons. The predicted molar refractivity (Wildman–Crippen MR) is 49.9 cm³/mol. The van der Waals surface area contributed by atoms with Crippen LogP contribution in [0.3, 0.4) is 0 Å². The molecule has 0 aliphatic heterocycles. The van der Waals surface area contributed by atoms with Crippen LogP contribution in [0.15, 0.2) is 0 Å². The summed E-state index contributed by atoms with van der Waals surface area (Å²) in [4.78, 5) is 11.6. The summed E-state index contributed by atoms with van der Waals surface area (Å²) in [7, 11) is 0. The summed E-state index contributed by atoms with van der Waals surface area (Å²) in [6.45, 7) is 5.79. The normalized spacial score (nSPS) is 32.8. The van der Waals surface area contributed by atoms with Gasteiger partial charge in [0.15, 0.2) is 0 Å². The summed E-state index contributed by atoms with van der Waals surface area (Å²) >= 11 is 0. The molecule has 4 nitrogen and oxygen atoms in total. The third-order valence-corrected chi connectivity index (χ3v) is 2.30. The van der Waals surface area contributed by atoms with E-state index in [1.807, 2.05) is 20.8 Å². The molecule has 0 spiro atoms. The van der Waals surface area contributed by atoms with Gasteiger partial charge in [0.2, 0.25) is 0 Å². The van der Waals surface area contributed by atoms with E-state index < -0.39 is 11.0 Å². The van der Waals surface area contributed by atoms with Gasteiger partial charge in [-0.1, -0.05) is 0 Å². The second-order valence-corrected chi connectivity index (χ2v) is 4.67. The molecule has 4 N–H and O–H groups in total. The first kappa shape index (κ1) is 10.5. The van der Waals surface area contributed by atoms with Crippen LogP contribution in [0.2, 0.25) is 0 Å². The zero-order chi connectivity index (χ0) is 10.3. The Kier molecular flexibility index (Phi) is 2.38. The standard InChI is InChI=1S/C9H18N2O2/c1-8(2,3)13-7(12)9(5-10)4-6(9)11/h6H,4-5,10-11H2,1-3H3. The van der Waals surface area contributed by atoms with Crippen molar-refractivity contribution in [2.24, 2.45) is 16.9 Å². The van der Waals surface area contributed by atoms with Crippen molar-refractivity contribution < 1.29 is 9.53 Å². The molecule has 0 aromatic carbocycles. The van der Waals surface area contributed by atoms with E-state index in [0.717, 1.165) is 0 Å². The van der Waals surface area contributed by atoms with E-state index in [9.17, 15) is 4.79 Å². The average molecular weight is 186 g/mol. The Morgan fingerprint density at radius 3 is 2.31 bits per heavy atom. The van der Waals surface area contributed by atoms with Gasteiger partial charge in [0.1, 0.15) is 5.60 Å². The van der Waals surface area contributed by atoms with Crippen LogP contribution in [0.25, 0.3) is 0 Å². The molecule has 1 saturated carbocycles. The second-order valence-electron chi connectivity index (χ2n) is 4.67. The highest BCUT2D eigenvalue weighted by atomic mass is 16.6. The minimum atomic E-state index is -0.590. The molecule has 0 bridgehead atoms. The Labute approximate surface area is 78.6 Å². The molecule has 0 aromatic heterocycles. The van der Waals surface area contributed by atoms with E-state index in [0.29, 0.717) is 6.42 Å². The van der Waals surface area contributed by atoms with Gasteiger partial charge in [-0.05, 0) is 27.2 Å². The number of rotatable bonds is 2. The van der Waals surface area contributed by atoms with Crippen LogP contribution in [0.1, 0.15) is 27.2 Å². The van der Waals surface area contributed by atoms with Crippen LogP contribution in [0.4, 0.5) is 0 Å². The summed E-state index contributed by atoms with van der Waals surface area (Å²) in [5.74, 6) is -0.255. The molecule has 0 heterocycles. The van der Waals surface area contributed by atoms with E-state index in [1.165, 1.54) is 0 Å². The minimum absolute atomic E-state index is 0.118. The lowest BCUT2D eigenvalue weighted by atomic mass is 10.1. The fourth-order valence-corrected chi connectivity index (χ4v) is 1.27. The predicted octanol–water partition coefficient (Wildman–Crippen LogP) is 0.00420. The van der Waals surface area contributed by atoms with Crippen LogP contribution < -0.4 is 11.5 Å². The Bertz CT molecular complexity index is 218. The van der Waals surface area contributed by atoms with Crippen molar-refractivity contribution >= 4 is 5.97 Å². The largest absolute Gasteiger partial charge is 0.459 e. The molecule has 1 aliphatic carbocycles. The molecule has 1 aliphatic rings. The third kappa shape index (κ3) is 2.00. The van der Waals surface area contributed by atoms with Crippen molar-refractivity contribution in [2.45, 2.75) is 38.8 Å². The van der Waals surface area contributed by atoms with E-state index in [4.69, 9.17) is 16.2 Å². The maximum Gasteiger partial charge on any atom is 0.315 e. The zero-order valence-electron chi connectivity index (χ0n) is 8.46. The van der Waals surface area contributed by atoms with Crippen molar-refractivity contribution in [3.63, 3.8) is 0 Å². The summed E-state index contributed by atoms with van der Waals surface area (Å²) in [5.41, 5.74) is 10.1. The fourth-order valence-electron chi connectivity index (χ4n) is 1.27. The minimum Gasteiger partial charge on any atom is -0.459 e. The van der Waals surface area contributed by atoms with Crippen LogP contribution in [-0.2, 0) is 9.53 Å². The van der Waals surface area contributed by atoms with E-state index in [1.54, 1.807) is 0 Å². The number of carbonyl (C=O) groups excluding carboxylic acids is 1. The number of hydrogen-bond acceptors (Lipinski definition) is 4. The van der Waals surface area contributed by atoms with Gasteiger partial charge < -0.3 is 16.2 Å². The molecule has 2 unspecified atom stereocenters. The van der Waals surface area contributed by atoms with Crippen molar-refractivity contribution in [3.05, 3.63) is 0 Å². The van der Waals surface area contributed by atoms with Crippen molar-refractivity contribution in [1.29, 1.82) is 0 Å². The van der Waals surface area contributed by atoms with E-state index in [2.05, 4.69) is 0 Å². The monoisotopic (exact) mass is 186 g/mol. The first-order chi connectivity index (χ1) is 5.82. The Morgan fingerprint density at radius 2 is 2.08 bits per heavy atom. The fraction of sp³-hybridized carbons (Fsp3) is 0.889. The number of esters is 1. The van der Waals surface area contributed by atoms with Crippen LogP contribution in [-0.4, -0.2) is 24.2 Å². The second kappa shape index (κ2) is 2.96. The van der Waals surface area contributed by atoms with Gasteiger partial charge in [-0.2, -0.15) is 0 Å². The topological polar surface area (TPSA) is 78.3 Å². The first-order valence-electron chi connectivity index (χ1n) is 4.51. The summed E-state index contributed by atoms with van der Waals surface area (Å²) < 4.78 is 5.23. The first-order valence-corrected chi connectivity index (χ1v) is 4.51. The van der Waals surface area contributed by atoms with Crippen molar-refractivity contribution in [3.8, 4) is 0 Å². The number of carbonyl (C=O) groups is 1. The average Bonchev–Trinajstić information content (AvgIpc) is 2.59. The lowest BCUT2D eigenvalue weighted by Crippen LogP contribution is -2.37. The maximum atomic E-state index is 11.6. The molecular formula is C9H18N2O2. The van der Waals surface area contributed by atoms with E-state index >= 15 is 0 Å². The molecule has 1 fully saturated rings. The Hall–Kier alpha value is -0.610. The Balaban J connectivity index is 2.59. The highest BCUT2D eigenvalue weighted by Gasteiger charge is 2.59. The lowest BCUT2D eigenvalue weighted by Gasteiger charge is -2.23. The maximum absolute atomic E-state index is 11.6. The summed E-state index contributed by atoms with van der Waals surface area (Å²) in [5, 5.41) is 0. The lowest BCUT2D eigenvalue weighted by molar-refractivity contribution is -0.161. The molecule has 13 heavy (non-hydrogen) atoms. The quantitative estimate of drug-likeness (QED) is 0.595. The molecule has 4 heteroatoms. The number of hydrogen-bond donors (Lipinski definition) is 2. The van der Waals surface area contributed by atoms with Gasteiger partial charge in [0, 0.05) is 12.6 Å². The molecular weight excluding hydrogens is 168 g/mol. The highest BCUT2D eigenvalue weighted by Crippen LogP contribution is 2.45. The zero-order valence-corrected chi connectivity index (χ0v) is 8.46. The van der Waals surface area contributed by atoms with Gasteiger partial charge in [-0.25, -0.2) is 0 Å². The van der Waals surface area contributed by atoms with Gasteiger partial charge in [-0.3, -0.25) is 4.79 Å². The summed E-state index contributed by atoms with van der Waals surface area (Å²) in [6, 6.07) is -0.118. The Morgan fingerprint density at radius 1 is 1.62 bits per heavy atom. The molecule has 2 atom stereocenters. The van der Waals surface area contributed by atoms with E-state index in [-0.39, 0.29) is 18.6 Å². The molecule has 0 amide bonds. The van der Waals surface area contributed by atoms with Gasteiger partial charge in [0.25, 0.3) is 0 Å². The smallest absolute Gasteiger partial charge is 0.315 e. The van der Waals surface area contributed by atoms with Crippen molar-refractivity contribution in [1.82, 2.24) is 0 Å². The van der Waals surface area contributed by atoms with Crippen LogP contribution in [0.5, 0.6) is 0 Å². The van der Waals surface area contributed by atoms with Gasteiger partial charge >= 0.3 is 5.97 Å². The molecule has 0 aromatic rings. The SMILES string of the molecule is CC(C)(C)OC(=O)C1(CN)CC1N. The number of ether oxygens (including phenoxy) is 1. The summed E-state index contributed by atoms with van der Waals surface area (Å²) in [6.07, 6.45) is 0.651. The molecule has 0 saturated heterocycles. The number of nitrogens with two attached hydrogens (primary N) is 2. The third-order valence-electron chi connectivity index (χ3n) is 2.30. The van der Waals surface area contributed by atoms with Gasteiger partial charge in [-0.15, -0.1) is 0 Å². The molecule has 1 rings (SSSR count).